The molecule has 92 valence electrons. The molecular formula is C12H22N2O2. The molecular weight excluding hydrogens is 204 g/mol. The fourth-order valence-corrected chi connectivity index (χ4v) is 1.55. The van der Waals surface area contributed by atoms with Gasteiger partial charge in [0.1, 0.15) is 0 Å². The predicted octanol–water partition coefficient (Wildman–Crippen LogP) is 0.573. The molecule has 4 nitrogen and oxygen atoms in total. The minimum Gasteiger partial charge on any atom is -0.388 e. The van der Waals surface area contributed by atoms with Crippen LogP contribution in [0.2, 0.25) is 0 Å². The van der Waals surface area contributed by atoms with Crippen molar-refractivity contribution in [2.75, 3.05) is 19.6 Å². The number of rotatable bonds is 5. The van der Waals surface area contributed by atoms with Gasteiger partial charge in [-0.05, 0) is 25.3 Å². The molecule has 0 atom stereocenters. The Morgan fingerprint density at radius 3 is 2.38 bits per heavy atom. The highest BCUT2D eigenvalue weighted by molar-refractivity contribution is 5.94. The lowest BCUT2D eigenvalue weighted by atomic mass is 9.97. The first-order valence-corrected chi connectivity index (χ1v) is 5.92. The van der Waals surface area contributed by atoms with Gasteiger partial charge in [0.2, 0.25) is 5.91 Å². The number of aliphatic hydroxyl groups is 1. The van der Waals surface area contributed by atoms with Crippen LogP contribution in [-0.2, 0) is 4.79 Å². The second-order valence-corrected chi connectivity index (χ2v) is 4.45. The minimum atomic E-state index is -0.765. The average molecular weight is 226 g/mol. The van der Waals surface area contributed by atoms with Crippen LogP contribution in [0.5, 0.6) is 0 Å². The number of hydrogen-bond donors (Lipinski definition) is 3. The molecule has 16 heavy (non-hydrogen) atoms. The van der Waals surface area contributed by atoms with Gasteiger partial charge in [0.15, 0.2) is 0 Å². The Bertz CT molecular complexity index is 287. The summed E-state index contributed by atoms with van der Waals surface area (Å²) in [6, 6.07) is 0. The fourth-order valence-electron chi connectivity index (χ4n) is 1.55. The zero-order chi connectivity index (χ0) is 12.2. The van der Waals surface area contributed by atoms with E-state index in [1.807, 2.05) is 20.8 Å². The van der Waals surface area contributed by atoms with Gasteiger partial charge in [-0.15, -0.1) is 0 Å². The van der Waals surface area contributed by atoms with E-state index in [-0.39, 0.29) is 5.91 Å². The predicted molar refractivity (Wildman–Crippen MR) is 64.1 cm³/mol. The van der Waals surface area contributed by atoms with Gasteiger partial charge in [-0.2, -0.15) is 0 Å². The highest BCUT2D eigenvalue weighted by Crippen LogP contribution is 2.14. The van der Waals surface area contributed by atoms with Crippen LogP contribution in [0.25, 0.3) is 0 Å². The summed E-state index contributed by atoms with van der Waals surface area (Å²) in [5.41, 5.74) is 1.18. The Morgan fingerprint density at radius 1 is 1.44 bits per heavy atom. The van der Waals surface area contributed by atoms with Crippen molar-refractivity contribution in [3.05, 3.63) is 11.1 Å². The standard InChI is InChI=1S/C12H22N2O2/c1-4-12(16,5-2)8-14-11(15)9(3)10-6-13-7-10/h13,16H,4-8H2,1-3H3,(H,14,15). The monoisotopic (exact) mass is 226 g/mol. The van der Waals surface area contributed by atoms with Crippen LogP contribution in [0, 0.1) is 0 Å². The van der Waals surface area contributed by atoms with Gasteiger partial charge in [0, 0.05) is 25.2 Å². The quantitative estimate of drug-likeness (QED) is 0.601. The largest absolute Gasteiger partial charge is 0.388 e. The zero-order valence-corrected chi connectivity index (χ0v) is 10.4. The van der Waals surface area contributed by atoms with Crippen molar-refractivity contribution in [1.82, 2.24) is 10.6 Å². The Kier molecular flexibility index (Phi) is 4.50. The van der Waals surface area contributed by atoms with E-state index in [4.69, 9.17) is 0 Å². The van der Waals surface area contributed by atoms with Crippen LogP contribution < -0.4 is 10.6 Å². The van der Waals surface area contributed by atoms with Crippen molar-refractivity contribution in [1.29, 1.82) is 0 Å². The lowest BCUT2D eigenvalue weighted by molar-refractivity contribution is -0.118. The topological polar surface area (TPSA) is 61.4 Å². The first kappa shape index (κ1) is 13.2. The maximum atomic E-state index is 11.7. The van der Waals surface area contributed by atoms with E-state index >= 15 is 0 Å². The summed E-state index contributed by atoms with van der Waals surface area (Å²) in [6.07, 6.45) is 1.31. The van der Waals surface area contributed by atoms with Gasteiger partial charge in [0.25, 0.3) is 0 Å². The molecule has 1 fully saturated rings. The maximum Gasteiger partial charge on any atom is 0.247 e. The zero-order valence-electron chi connectivity index (χ0n) is 10.4. The highest BCUT2D eigenvalue weighted by atomic mass is 16.3. The molecule has 1 aliphatic rings. The van der Waals surface area contributed by atoms with E-state index in [9.17, 15) is 9.90 Å². The highest BCUT2D eigenvalue weighted by Gasteiger charge is 2.24. The van der Waals surface area contributed by atoms with Gasteiger partial charge in [-0.1, -0.05) is 13.8 Å². The lowest BCUT2D eigenvalue weighted by Crippen LogP contribution is -2.43. The molecule has 0 radical (unpaired) electrons. The molecule has 0 bridgehead atoms. The molecule has 0 saturated carbocycles. The van der Waals surface area contributed by atoms with Crippen molar-refractivity contribution < 1.29 is 9.90 Å². The van der Waals surface area contributed by atoms with Crippen LogP contribution in [0.3, 0.4) is 0 Å². The van der Waals surface area contributed by atoms with E-state index in [0.29, 0.717) is 19.4 Å². The fraction of sp³-hybridized carbons (Fsp3) is 0.750. The summed E-state index contributed by atoms with van der Waals surface area (Å²) in [5, 5.41) is 15.9. The van der Waals surface area contributed by atoms with Crippen LogP contribution >= 0.6 is 0 Å². The molecule has 0 spiro atoms. The summed E-state index contributed by atoms with van der Waals surface area (Å²) in [6.45, 7) is 7.64. The third kappa shape index (κ3) is 3.06. The van der Waals surface area contributed by atoms with Gasteiger partial charge < -0.3 is 15.7 Å². The molecule has 1 rings (SSSR count). The summed E-state index contributed by atoms with van der Waals surface area (Å²) >= 11 is 0. The molecule has 1 amide bonds. The molecule has 0 aliphatic carbocycles. The summed E-state index contributed by atoms with van der Waals surface area (Å²) < 4.78 is 0. The van der Waals surface area contributed by atoms with Crippen LogP contribution in [0.4, 0.5) is 0 Å². The number of carbonyl (C=O) groups is 1. The normalized spacial score (nSPS) is 15.6. The Morgan fingerprint density at radius 2 is 2.00 bits per heavy atom. The van der Waals surface area contributed by atoms with Gasteiger partial charge in [-0.25, -0.2) is 0 Å². The first-order chi connectivity index (χ1) is 7.52. The summed E-state index contributed by atoms with van der Waals surface area (Å²) in [7, 11) is 0. The van der Waals surface area contributed by atoms with E-state index in [2.05, 4.69) is 10.6 Å². The molecule has 1 heterocycles. The number of nitrogens with one attached hydrogen (secondary N) is 2. The SMILES string of the molecule is CCC(O)(CC)CNC(=O)C(C)=C1CNC1. The average Bonchev–Trinajstić information content (AvgIpc) is 2.23. The molecule has 1 saturated heterocycles. The smallest absolute Gasteiger partial charge is 0.247 e. The second-order valence-electron chi connectivity index (χ2n) is 4.45. The van der Waals surface area contributed by atoms with Crippen molar-refractivity contribution in [3.8, 4) is 0 Å². The van der Waals surface area contributed by atoms with Crippen LogP contribution in [-0.4, -0.2) is 36.2 Å². The van der Waals surface area contributed by atoms with E-state index in [1.54, 1.807) is 0 Å². The molecule has 0 aromatic carbocycles. The first-order valence-electron chi connectivity index (χ1n) is 5.92. The molecule has 1 aliphatic heterocycles. The Hall–Kier alpha value is -0.870. The lowest BCUT2D eigenvalue weighted by Gasteiger charge is -2.26. The number of carbonyl (C=O) groups excluding carboxylic acids is 1. The van der Waals surface area contributed by atoms with E-state index in [0.717, 1.165) is 24.2 Å². The number of hydrogen-bond acceptors (Lipinski definition) is 3. The van der Waals surface area contributed by atoms with Crippen molar-refractivity contribution in [2.24, 2.45) is 0 Å². The second kappa shape index (κ2) is 5.46. The third-order valence-corrected chi connectivity index (χ3v) is 3.44. The molecule has 0 aromatic heterocycles. The minimum absolute atomic E-state index is 0.0585. The van der Waals surface area contributed by atoms with Gasteiger partial charge in [-0.3, -0.25) is 4.79 Å². The van der Waals surface area contributed by atoms with Crippen LogP contribution in [0.1, 0.15) is 33.6 Å². The van der Waals surface area contributed by atoms with Gasteiger partial charge >= 0.3 is 0 Å². The van der Waals surface area contributed by atoms with Crippen molar-refractivity contribution in [2.45, 2.75) is 39.2 Å². The van der Waals surface area contributed by atoms with Gasteiger partial charge in [0.05, 0.1) is 5.60 Å². The molecule has 0 aromatic rings. The molecule has 0 unspecified atom stereocenters. The Labute approximate surface area is 97.1 Å². The van der Waals surface area contributed by atoms with Crippen molar-refractivity contribution in [3.63, 3.8) is 0 Å². The van der Waals surface area contributed by atoms with Crippen molar-refractivity contribution >= 4 is 5.91 Å². The maximum absolute atomic E-state index is 11.7. The van der Waals surface area contributed by atoms with E-state index in [1.165, 1.54) is 0 Å². The summed E-state index contributed by atoms with van der Waals surface area (Å²) in [5.74, 6) is -0.0585. The number of amides is 1. The third-order valence-electron chi connectivity index (χ3n) is 3.44. The molecule has 3 N–H and O–H groups in total. The Balaban J connectivity index is 2.46. The van der Waals surface area contributed by atoms with E-state index < -0.39 is 5.60 Å². The van der Waals surface area contributed by atoms with Crippen LogP contribution in [0.15, 0.2) is 11.1 Å². The summed E-state index contributed by atoms with van der Waals surface area (Å²) in [4.78, 5) is 11.7. The molecule has 4 heteroatoms.